The Hall–Kier alpha value is -8.72. The molecule has 130 heavy (non-hydrogen) atoms. The van der Waals surface area contributed by atoms with Gasteiger partial charge >= 0.3 is 5.97 Å². The molecule has 8 aromatic carbocycles. The van der Waals surface area contributed by atoms with Crippen LogP contribution >= 0.6 is 0 Å². The second-order valence-electron chi connectivity index (χ2n) is 30.1. The van der Waals surface area contributed by atoms with Gasteiger partial charge in [-0.15, -0.1) is 173 Å². The number of esters is 1. The topological polar surface area (TPSA) is 367 Å². The fraction of sp³-hybridized carbons (Fsp3) is 0.324. The van der Waals surface area contributed by atoms with E-state index in [4.69, 9.17) is 55.8 Å². The van der Waals surface area contributed by atoms with Crippen LogP contribution in [-0.4, -0.2) is 182 Å². The summed E-state index contributed by atoms with van der Waals surface area (Å²) in [5.41, 5.74) is 22.8. The summed E-state index contributed by atoms with van der Waals surface area (Å²) >= 11 is 0. The molecule has 0 aliphatic heterocycles. The van der Waals surface area contributed by atoms with Gasteiger partial charge in [0.05, 0.1) is 86.4 Å². The van der Waals surface area contributed by atoms with Crippen molar-refractivity contribution in [3.8, 4) is 84.4 Å². The van der Waals surface area contributed by atoms with Crippen LogP contribution in [0.1, 0.15) is 164 Å². The second-order valence-corrected chi connectivity index (χ2v) is 30.1. The molecule has 0 saturated heterocycles. The first-order valence-corrected chi connectivity index (χ1v) is 41.5. The number of hydrogen-bond acceptors (Lipinski definition) is 23. The molecule has 28 heteroatoms. The largest absolute Gasteiger partial charge is 0.486 e. The van der Waals surface area contributed by atoms with Gasteiger partial charge in [-0.3, -0.25) is 24.9 Å². The maximum absolute atomic E-state index is 11.5. The van der Waals surface area contributed by atoms with Gasteiger partial charge in [-0.05, 0) is 156 Å². The van der Waals surface area contributed by atoms with Gasteiger partial charge in [-0.2, -0.15) is 0 Å². The van der Waals surface area contributed by atoms with Gasteiger partial charge in [0.1, 0.15) is 5.69 Å². The van der Waals surface area contributed by atoms with E-state index in [0.29, 0.717) is 43.7 Å². The van der Waals surface area contributed by atoms with Gasteiger partial charge in [-0.25, -0.2) is 9.78 Å². The van der Waals surface area contributed by atoms with Gasteiger partial charge in [0.2, 0.25) is 0 Å². The van der Waals surface area contributed by atoms with Crippen LogP contribution in [0.5, 0.6) is 5.88 Å². The molecule has 10 atom stereocenters. The number of nitrogens with zero attached hydrogens (tertiary/aromatic N) is 10. The van der Waals surface area contributed by atoms with E-state index in [1.807, 2.05) is 112 Å². The predicted octanol–water partition coefficient (Wildman–Crippen LogP) is 16.0. The second kappa shape index (κ2) is 63.4. The van der Waals surface area contributed by atoms with Gasteiger partial charge < -0.3 is 80.5 Å². The van der Waals surface area contributed by atoms with Crippen molar-refractivity contribution in [2.45, 2.75) is 202 Å². The normalized spacial score (nSPS) is 13.0. The average molecular weight is 2650 g/mol. The predicted molar refractivity (Wildman–Crippen MR) is 489 cm³/mol. The van der Waals surface area contributed by atoms with Crippen molar-refractivity contribution in [1.29, 1.82) is 0 Å². The van der Waals surface area contributed by atoms with E-state index in [9.17, 15) is 4.79 Å². The van der Waals surface area contributed by atoms with Crippen LogP contribution in [0, 0.1) is 51.1 Å². The first-order valence-electron chi connectivity index (χ1n) is 41.5. The Balaban J connectivity index is 0.000000760. The molecule has 0 saturated carbocycles. The Kier molecular flexibility index (Phi) is 58.2. The number of carbonyl (C=O) groups excluding carboxylic acids is 1. The Morgan fingerprint density at radius 2 is 0.669 bits per heavy atom. The number of hydrogen-bond donors (Lipinski definition) is 10. The molecule has 5 radical (unpaired) electrons. The van der Waals surface area contributed by atoms with Crippen molar-refractivity contribution in [1.82, 2.24) is 49.8 Å². The molecule has 2 aliphatic carbocycles. The molecule has 5 aromatic heterocycles. The first-order chi connectivity index (χ1) is 59.9. The number of methoxy groups -OCH3 is 2. The summed E-state index contributed by atoms with van der Waals surface area (Å²) in [6.07, 6.45) is 14.5. The summed E-state index contributed by atoms with van der Waals surface area (Å²) in [4.78, 5) is 54.3. The van der Waals surface area contributed by atoms with Crippen molar-refractivity contribution in [2.75, 3.05) is 14.2 Å². The summed E-state index contributed by atoms with van der Waals surface area (Å²) in [6.45, 7) is 24.6. The fourth-order valence-electron chi connectivity index (χ4n) is 13.6. The zero-order chi connectivity index (χ0) is 91.5. The number of benzene rings is 8. The molecule has 2 aliphatic rings. The van der Waals surface area contributed by atoms with Crippen molar-refractivity contribution in [3.05, 3.63) is 319 Å². The molecular formula is C102H119Ir5N10O13-5. The average Bonchev–Trinajstić information content (AvgIpc) is 1.51. The summed E-state index contributed by atoms with van der Waals surface area (Å²) in [5.74, 6) is 0.0234. The monoisotopic (exact) mass is 2660 g/mol. The van der Waals surface area contributed by atoms with Crippen LogP contribution in [0.3, 0.4) is 0 Å². The van der Waals surface area contributed by atoms with Crippen molar-refractivity contribution in [3.63, 3.8) is 0 Å². The van der Waals surface area contributed by atoms with E-state index in [0.717, 1.165) is 79.8 Å². The van der Waals surface area contributed by atoms with E-state index in [1.165, 1.54) is 64.0 Å². The number of aliphatic hydroxyl groups excluding tert-OH is 10. The Morgan fingerprint density at radius 1 is 0.346 bits per heavy atom. The number of aryl methyl sites for hydroxylation is 4. The Morgan fingerprint density at radius 3 is 1.03 bits per heavy atom. The molecule has 5 heterocycles. The molecule has 0 amide bonds. The van der Waals surface area contributed by atoms with Gasteiger partial charge in [0, 0.05) is 202 Å². The maximum Gasteiger partial charge on any atom is 0.349 e. The minimum absolute atomic E-state index is 0. The van der Waals surface area contributed by atoms with Crippen LogP contribution in [-0.2, 0) is 117 Å². The molecule has 0 fully saturated rings. The number of carbonyl (C=O) groups is 1. The number of aliphatic hydroxyl groups is 10. The van der Waals surface area contributed by atoms with Gasteiger partial charge in [-0.1, -0.05) is 90.8 Å². The fourth-order valence-corrected chi connectivity index (χ4v) is 13.6. The molecule has 13 aromatic rings. The third kappa shape index (κ3) is 38.5. The number of aromatic nitrogens is 10. The van der Waals surface area contributed by atoms with E-state index < -0.39 is 5.97 Å². The minimum atomic E-state index is -0.500. The molecule has 10 N–H and O–H groups in total. The third-order valence-electron chi connectivity index (χ3n) is 18.4. The van der Waals surface area contributed by atoms with Crippen molar-refractivity contribution in [2.24, 2.45) is 0 Å². The molecule has 1 spiro atoms. The third-order valence-corrected chi connectivity index (χ3v) is 18.4. The summed E-state index contributed by atoms with van der Waals surface area (Å²) < 4.78 is 9.75. The summed E-state index contributed by atoms with van der Waals surface area (Å²) in [5, 5.41) is 85.6. The molecule has 705 valence electrons. The Labute approximate surface area is 833 Å². The number of rotatable bonds is 18. The molecular weight excluding hydrogens is 2530 g/mol. The van der Waals surface area contributed by atoms with Crippen LogP contribution in [0.25, 0.3) is 78.5 Å². The van der Waals surface area contributed by atoms with Crippen molar-refractivity contribution < 1.29 is 166 Å². The van der Waals surface area contributed by atoms with Gasteiger partial charge in [0.15, 0.2) is 5.88 Å². The van der Waals surface area contributed by atoms with E-state index in [2.05, 4.69) is 177 Å². The zero-order valence-corrected chi connectivity index (χ0v) is 87.8. The molecule has 10 unspecified atom stereocenters. The maximum atomic E-state index is 11.5. The van der Waals surface area contributed by atoms with Crippen LogP contribution in [0.2, 0.25) is 0 Å². The molecule has 0 bridgehead atoms. The van der Waals surface area contributed by atoms with Crippen molar-refractivity contribution >= 4 is 5.97 Å². The van der Waals surface area contributed by atoms with E-state index in [-0.39, 0.29) is 173 Å². The summed E-state index contributed by atoms with van der Waals surface area (Å²) in [7, 11) is 2.89. The molecule has 23 nitrogen and oxygen atoms in total. The minimum Gasteiger partial charge on any atom is -0.486 e. The van der Waals surface area contributed by atoms with E-state index in [1.54, 1.807) is 126 Å². The van der Waals surface area contributed by atoms with E-state index >= 15 is 0 Å². The summed E-state index contributed by atoms with van der Waals surface area (Å²) in [6, 6.07) is 77.4. The zero-order valence-electron chi connectivity index (χ0n) is 75.9. The van der Waals surface area contributed by atoms with Gasteiger partial charge in [0.25, 0.3) is 0 Å². The first kappa shape index (κ1) is 119. The smallest absolute Gasteiger partial charge is 0.349 e. The number of fused-ring (bicyclic) bond motifs is 10. The van der Waals surface area contributed by atoms with Crippen LogP contribution < -0.4 is 4.74 Å². The number of ether oxygens (including phenoxy) is 2. The standard InChI is InChI=1S/C30H19N2.C12H9N2O2.2C12H11N2.C11H9N2O.5C5H12O2.5Ir/c1-19-29(32-17-16-31-19)20-14-15-24-23-10-4-7-13-27(23)30(28(24)18-20)25-11-5-2-8-21(25)22-9-3-6-12-26(22)30;1-16-12(15)11-10(13-7-8-14-11)9-5-3-2-4-6-9;1-9-8-13-12(10(2)14-9)11-6-4-3-5-7-11;1-2-11-12(14-9-8-13-11)10-6-4-3-5-7-10;1-14-11-10(12-7-8-13-11)9-5-3-2-4-6-9;5*1-4(6)3-5(2)7;;;;;/h2-13,15-18H,1H3;2-5,7-8H,1H3;3-6,8H,1-2H3;3-6,8-9H,2H2,1H3;2-5,7-8H,1H3;5*4-7H,3H2,1-2H3;;;;;/q5*-1;;;;;;;;;;. The molecule has 15 rings (SSSR count). The van der Waals surface area contributed by atoms with Crippen LogP contribution in [0.4, 0.5) is 0 Å². The van der Waals surface area contributed by atoms with Crippen LogP contribution in [0.15, 0.2) is 238 Å². The quantitative estimate of drug-likeness (QED) is 0.0282. The Bertz CT molecular complexity index is 5050. The SMILES string of the molecule is CC(O)CC(C)O.CC(O)CC(C)O.CC(O)CC(C)O.CC(O)CC(C)O.CC(O)CC(C)O.CCc1nccnc1-c1[c-]cccc1.COC(=O)c1nccnc1-c1[c-]cccc1.COc1nccnc1-c1[c-]cccc1.Cc1cnc(-c2[c-]cccc2)c(C)n1.Cc1nccnc1-c1[c-]cc2c(c1)C1(c3ccccc3-c3ccccc31)c1ccccc1-2.[Ir].[Ir].[Ir].[Ir].[Ir].